The minimum atomic E-state index is -0.439. The molecule has 1 heterocycles. The van der Waals surface area contributed by atoms with Crippen LogP contribution in [0.25, 0.3) is 6.08 Å². The fraction of sp³-hybridized carbons (Fsp3) is 0.412. The molecule has 0 bridgehead atoms. The topological polar surface area (TPSA) is 74.3 Å². The predicted octanol–water partition coefficient (Wildman–Crippen LogP) is 1.12. The molecule has 7 nitrogen and oxygen atoms in total. The molecule has 0 saturated carbocycles. The van der Waals surface area contributed by atoms with E-state index in [1.807, 2.05) is 0 Å². The van der Waals surface area contributed by atoms with E-state index in [0.29, 0.717) is 37.8 Å². The molecule has 0 spiro atoms. The maximum Gasteiger partial charge on any atom is 0.330 e. The molecular weight excluding hydrogens is 314 g/mol. The first kappa shape index (κ1) is 17.8. The minimum Gasteiger partial charge on any atom is -0.493 e. The molecule has 1 fully saturated rings. The van der Waals surface area contributed by atoms with E-state index in [1.54, 1.807) is 29.2 Å². The van der Waals surface area contributed by atoms with Gasteiger partial charge in [0.15, 0.2) is 18.1 Å². The fourth-order valence-electron chi connectivity index (χ4n) is 2.18. The van der Waals surface area contributed by atoms with Crippen LogP contribution < -0.4 is 9.47 Å². The molecule has 1 aliphatic heterocycles. The second-order valence-corrected chi connectivity index (χ2v) is 5.05. The van der Waals surface area contributed by atoms with Crippen LogP contribution in [0.5, 0.6) is 11.5 Å². The third-order valence-corrected chi connectivity index (χ3v) is 3.52. The van der Waals surface area contributed by atoms with Gasteiger partial charge in [-0.2, -0.15) is 0 Å². The Kier molecular flexibility index (Phi) is 6.62. The van der Waals surface area contributed by atoms with E-state index in [1.165, 1.54) is 20.3 Å². The van der Waals surface area contributed by atoms with Gasteiger partial charge in [0.1, 0.15) is 0 Å². The second kappa shape index (κ2) is 8.93. The number of hydrogen-bond donors (Lipinski definition) is 0. The van der Waals surface area contributed by atoms with Gasteiger partial charge in [-0.25, -0.2) is 4.79 Å². The fourth-order valence-corrected chi connectivity index (χ4v) is 2.18. The van der Waals surface area contributed by atoms with Crippen LogP contribution in [-0.4, -0.2) is 63.9 Å². The Balaban J connectivity index is 1.98. The Morgan fingerprint density at radius 2 is 1.96 bits per heavy atom. The summed E-state index contributed by atoms with van der Waals surface area (Å²) in [6.07, 6.45) is 2.92. The molecule has 0 atom stereocenters. The number of morpholine rings is 1. The molecule has 1 aromatic rings. The largest absolute Gasteiger partial charge is 0.493 e. The monoisotopic (exact) mass is 335 g/mol. The van der Waals surface area contributed by atoms with Crippen molar-refractivity contribution in [3.63, 3.8) is 0 Å². The molecule has 0 aromatic heterocycles. The van der Waals surface area contributed by atoms with Crippen LogP contribution >= 0.6 is 0 Å². The summed E-state index contributed by atoms with van der Waals surface area (Å²) in [5.74, 6) is 0.423. The van der Waals surface area contributed by atoms with E-state index < -0.39 is 5.97 Å². The van der Waals surface area contributed by atoms with E-state index in [2.05, 4.69) is 4.74 Å². The normalized spacial score (nSPS) is 14.5. The van der Waals surface area contributed by atoms with Crippen LogP contribution in [0.3, 0.4) is 0 Å². The highest BCUT2D eigenvalue weighted by Crippen LogP contribution is 2.28. The number of rotatable bonds is 6. The van der Waals surface area contributed by atoms with Crippen molar-refractivity contribution in [1.82, 2.24) is 4.90 Å². The SMILES string of the molecule is COC(=O)C=Cc1ccc(OCC(=O)N2CCOCC2)c(OC)c1. The van der Waals surface area contributed by atoms with Crippen molar-refractivity contribution in [2.24, 2.45) is 0 Å². The zero-order valence-corrected chi connectivity index (χ0v) is 13.8. The molecule has 130 valence electrons. The summed E-state index contributed by atoms with van der Waals surface area (Å²) < 4.78 is 20.6. The second-order valence-electron chi connectivity index (χ2n) is 5.05. The Bertz CT molecular complexity index is 607. The summed E-state index contributed by atoms with van der Waals surface area (Å²) >= 11 is 0. The maximum atomic E-state index is 12.1. The first-order valence-corrected chi connectivity index (χ1v) is 7.56. The number of esters is 1. The quantitative estimate of drug-likeness (QED) is 0.573. The van der Waals surface area contributed by atoms with Gasteiger partial charge in [0.2, 0.25) is 0 Å². The van der Waals surface area contributed by atoms with Gasteiger partial charge in [-0.15, -0.1) is 0 Å². The van der Waals surface area contributed by atoms with Gasteiger partial charge in [0, 0.05) is 19.2 Å². The zero-order valence-electron chi connectivity index (χ0n) is 13.8. The number of ether oxygens (including phenoxy) is 4. The molecule has 24 heavy (non-hydrogen) atoms. The number of methoxy groups -OCH3 is 2. The highest BCUT2D eigenvalue weighted by atomic mass is 16.5. The number of carbonyl (C=O) groups is 2. The molecule has 1 saturated heterocycles. The molecule has 0 radical (unpaired) electrons. The Labute approximate surface area is 140 Å². The smallest absolute Gasteiger partial charge is 0.330 e. The van der Waals surface area contributed by atoms with Crippen molar-refractivity contribution in [3.05, 3.63) is 29.8 Å². The number of hydrogen-bond acceptors (Lipinski definition) is 6. The summed E-state index contributed by atoms with van der Waals surface area (Å²) in [5, 5.41) is 0. The summed E-state index contributed by atoms with van der Waals surface area (Å²) in [5.41, 5.74) is 0.754. The summed E-state index contributed by atoms with van der Waals surface area (Å²) in [4.78, 5) is 24.9. The van der Waals surface area contributed by atoms with Crippen molar-refractivity contribution in [2.45, 2.75) is 0 Å². The predicted molar refractivity (Wildman–Crippen MR) is 86.9 cm³/mol. The van der Waals surface area contributed by atoms with Crippen molar-refractivity contribution >= 4 is 18.0 Å². The summed E-state index contributed by atoms with van der Waals surface area (Å²) in [6.45, 7) is 2.20. The Hall–Kier alpha value is -2.54. The van der Waals surface area contributed by atoms with Crippen molar-refractivity contribution in [1.29, 1.82) is 0 Å². The van der Waals surface area contributed by atoms with Gasteiger partial charge in [-0.1, -0.05) is 6.07 Å². The lowest BCUT2D eigenvalue weighted by Gasteiger charge is -2.26. The highest BCUT2D eigenvalue weighted by molar-refractivity contribution is 5.87. The molecule has 7 heteroatoms. The third kappa shape index (κ3) is 4.99. The lowest BCUT2D eigenvalue weighted by atomic mass is 10.2. The van der Waals surface area contributed by atoms with E-state index in [-0.39, 0.29) is 12.5 Å². The molecule has 0 aliphatic carbocycles. The lowest BCUT2D eigenvalue weighted by Crippen LogP contribution is -2.43. The van der Waals surface area contributed by atoms with Crippen molar-refractivity contribution < 1.29 is 28.5 Å². The van der Waals surface area contributed by atoms with Crippen LogP contribution in [-0.2, 0) is 19.1 Å². The van der Waals surface area contributed by atoms with Crippen molar-refractivity contribution in [2.75, 3.05) is 47.1 Å². The average Bonchev–Trinajstić information content (AvgIpc) is 2.64. The first-order chi connectivity index (χ1) is 11.6. The van der Waals surface area contributed by atoms with Crippen LogP contribution in [0, 0.1) is 0 Å². The van der Waals surface area contributed by atoms with Gasteiger partial charge in [-0.05, 0) is 23.8 Å². The lowest BCUT2D eigenvalue weighted by molar-refractivity contribution is -0.137. The molecule has 1 amide bonds. The average molecular weight is 335 g/mol. The van der Waals surface area contributed by atoms with Gasteiger partial charge >= 0.3 is 5.97 Å². The van der Waals surface area contributed by atoms with Gasteiger partial charge < -0.3 is 23.8 Å². The molecule has 1 aliphatic rings. The van der Waals surface area contributed by atoms with Gasteiger partial charge in [0.05, 0.1) is 27.4 Å². The van der Waals surface area contributed by atoms with Gasteiger partial charge in [0.25, 0.3) is 5.91 Å². The molecule has 1 aromatic carbocycles. The van der Waals surface area contributed by atoms with E-state index in [9.17, 15) is 9.59 Å². The summed E-state index contributed by atoms with van der Waals surface area (Å²) in [6, 6.07) is 5.17. The first-order valence-electron chi connectivity index (χ1n) is 7.56. The zero-order chi connectivity index (χ0) is 17.4. The Morgan fingerprint density at radius 1 is 1.21 bits per heavy atom. The number of amides is 1. The van der Waals surface area contributed by atoms with Crippen LogP contribution in [0.4, 0.5) is 0 Å². The maximum absolute atomic E-state index is 12.1. The van der Waals surface area contributed by atoms with Crippen molar-refractivity contribution in [3.8, 4) is 11.5 Å². The van der Waals surface area contributed by atoms with E-state index in [4.69, 9.17) is 14.2 Å². The molecule has 2 rings (SSSR count). The van der Waals surface area contributed by atoms with E-state index >= 15 is 0 Å². The molecular formula is C17H21NO6. The standard InChI is InChI=1S/C17H21NO6/c1-21-15-11-13(4-6-17(20)22-2)3-5-14(15)24-12-16(19)18-7-9-23-10-8-18/h3-6,11H,7-10,12H2,1-2H3. The van der Waals surface area contributed by atoms with Crippen LogP contribution in [0.2, 0.25) is 0 Å². The molecule has 0 unspecified atom stereocenters. The number of benzene rings is 1. The number of carbonyl (C=O) groups excluding carboxylic acids is 2. The summed E-state index contributed by atoms with van der Waals surface area (Å²) in [7, 11) is 2.83. The Morgan fingerprint density at radius 3 is 2.62 bits per heavy atom. The minimum absolute atomic E-state index is 0.0618. The highest BCUT2D eigenvalue weighted by Gasteiger charge is 2.17. The number of nitrogens with zero attached hydrogens (tertiary/aromatic N) is 1. The molecule has 0 N–H and O–H groups in total. The van der Waals surface area contributed by atoms with Gasteiger partial charge in [-0.3, -0.25) is 4.79 Å². The van der Waals surface area contributed by atoms with Crippen LogP contribution in [0.1, 0.15) is 5.56 Å². The van der Waals surface area contributed by atoms with Crippen LogP contribution in [0.15, 0.2) is 24.3 Å². The van der Waals surface area contributed by atoms with E-state index in [0.717, 1.165) is 5.56 Å². The third-order valence-electron chi connectivity index (χ3n) is 3.52.